The van der Waals surface area contributed by atoms with Crippen molar-refractivity contribution >= 4 is 22.4 Å². The predicted octanol–water partition coefficient (Wildman–Crippen LogP) is 5.85. The molecular formula is C21H25NO2. The minimum Gasteiger partial charge on any atom is -0.478 e. The van der Waals surface area contributed by atoms with E-state index < -0.39 is 5.97 Å². The molecular weight excluding hydrogens is 298 g/mol. The number of anilines is 1. The quantitative estimate of drug-likeness (QED) is 0.629. The number of aromatic carboxylic acids is 1. The SMILES string of the molecule is C=C(Nc1ccc2cc(C(=O)O)ccc2c1)[C@@H](C)CCC=C(C)C. The van der Waals surface area contributed by atoms with Crippen molar-refractivity contribution in [1.29, 1.82) is 0 Å². The normalized spacial score (nSPS) is 11.8. The van der Waals surface area contributed by atoms with E-state index in [4.69, 9.17) is 5.11 Å². The Bertz CT molecular complexity index is 786. The van der Waals surface area contributed by atoms with Crippen LogP contribution in [0.4, 0.5) is 5.69 Å². The van der Waals surface area contributed by atoms with E-state index in [-0.39, 0.29) is 0 Å². The Balaban J connectivity index is 2.06. The van der Waals surface area contributed by atoms with Gasteiger partial charge in [0, 0.05) is 11.4 Å². The van der Waals surface area contributed by atoms with Crippen molar-refractivity contribution in [3.05, 3.63) is 65.9 Å². The van der Waals surface area contributed by atoms with Crippen LogP contribution in [0.5, 0.6) is 0 Å². The summed E-state index contributed by atoms with van der Waals surface area (Å²) in [5, 5.41) is 14.4. The summed E-state index contributed by atoms with van der Waals surface area (Å²) in [7, 11) is 0. The van der Waals surface area contributed by atoms with Gasteiger partial charge in [-0.1, -0.05) is 37.3 Å². The number of carboxylic acid groups (broad SMARTS) is 1. The van der Waals surface area contributed by atoms with Crippen molar-refractivity contribution in [3.8, 4) is 0 Å². The Morgan fingerprint density at radius 2 is 1.88 bits per heavy atom. The highest BCUT2D eigenvalue weighted by atomic mass is 16.4. The van der Waals surface area contributed by atoms with Gasteiger partial charge in [-0.15, -0.1) is 0 Å². The number of benzene rings is 2. The first-order chi connectivity index (χ1) is 11.4. The highest BCUT2D eigenvalue weighted by Crippen LogP contribution is 2.24. The first kappa shape index (κ1) is 17.8. The zero-order valence-corrected chi connectivity index (χ0v) is 14.6. The molecule has 0 saturated heterocycles. The van der Waals surface area contributed by atoms with Gasteiger partial charge in [-0.05, 0) is 67.6 Å². The summed E-state index contributed by atoms with van der Waals surface area (Å²) < 4.78 is 0. The highest BCUT2D eigenvalue weighted by Gasteiger charge is 2.08. The van der Waals surface area contributed by atoms with Crippen molar-refractivity contribution in [3.63, 3.8) is 0 Å². The van der Waals surface area contributed by atoms with Gasteiger partial charge in [-0.3, -0.25) is 0 Å². The minimum absolute atomic E-state index is 0.306. The first-order valence-corrected chi connectivity index (χ1v) is 8.23. The van der Waals surface area contributed by atoms with E-state index in [9.17, 15) is 4.79 Å². The molecule has 126 valence electrons. The van der Waals surface area contributed by atoms with E-state index in [1.54, 1.807) is 12.1 Å². The molecule has 2 aromatic rings. The molecule has 0 aliphatic carbocycles. The fourth-order valence-corrected chi connectivity index (χ4v) is 2.56. The largest absolute Gasteiger partial charge is 0.478 e. The van der Waals surface area contributed by atoms with Crippen molar-refractivity contribution in [1.82, 2.24) is 0 Å². The molecule has 0 spiro atoms. The van der Waals surface area contributed by atoms with Gasteiger partial charge in [0.25, 0.3) is 0 Å². The van der Waals surface area contributed by atoms with E-state index in [2.05, 4.69) is 38.7 Å². The zero-order valence-electron chi connectivity index (χ0n) is 14.6. The number of nitrogens with one attached hydrogen (secondary N) is 1. The molecule has 2 N–H and O–H groups in total. The molecule has 0 radical (unpaired) electrons. The van der Waals surface area contributed by atoms with Gasteiger partial charge in [-0.2, -0.15) is 0 Å². The number of rotatable bonds is 7. The number of hydrogen-bond donors (Lipinski definition) is 2. The number of hydrogen-bond acceptors (Lipinski definition) is 2. The molecule has 3 heteroatoms. The standard InChI is InChI=1S/C21H25NO2/c1-14(2)6-5-7-15(3)16(4)22-20-11-10-17-12-19(21(23)24)9-8-18(17)13-20/h6,8-13,15,22H,4-5,7H2,1-3H3,(H,23,24)/t15-/m0/s1. The molecule has 0 unspecified atom stereocenters. The van der Waals surface area contributed by atoms with Gasteiger partial charge in [0.1, 0.15) is 0 Å². The summed E-state index contributed by atoms with van der Waals surface area (Å²) in [5.41, 5.74) is 3.62. The van der Waals surface area contributed by atoms with Crippen molar-refractivity contribution in [2.24, 2.45) is 5.92 Å². The van der Waals surface area contributed by atoms with Crippen LogP contribution in [0.15, 0.2) is 60.3 Å². The maximum Gasteiger partial charge on any atom is 0.335 e. The first-order valence-electron chi connectivity index (χ1n) is 8.23. The predicted molar refractivity (Wildman–Crippen MR) is 101 cm³/mol. The summed E-state index contributed by atoms with van der Waals surface area (Å²) in [6.45, 7) is 10.6. The summed E-state index contributed by atoms with van der Waals surface area (Å²) in [6.07, 6.45) is 4.37. The fraction of sp³-hybridized carbons (Fsp3) is 0.286. The third-order valence-corrected chi connectivity index (χ3v) is 4.14. The molecule has 0 fully saturated rings. The zero-order chi connectivity index (χ0) is 17.7. The molecule has 0 bridgehead atoms. The minimum atomic E-state index is -0.905. The van der Waals surface area contributed by atoms with Crippen LogP contribution in [0, 0.1) is 5.92 Å². The van der Waals surface area contributed by atoms with Crippen LogP contribution in [0.3, 0.4) is 0 Å². The molecule has 0 amide bonds. The monoisotopic (exact) mass is 323 g/mol. The molecule has 0 aromatic heterocycles. The van der Waals surface area contributed by atoms with Gasteiger partial charge < -0.3 is 10.4 Å². The van der Waals surface area contributed by atoms with Crippen LogP contribution in [0.2, 0.25) is 0 Å². The third kappa shape index (κ3) is 4.72. The lowest BCUT2D eigenvalue weighted by atomic mass is 10.0. The number of carboxylic acids is 1. The van der Waals surface area contributed by atoms with Crippen LogP contribution < -0.4 is 5.32 Å². The summed E-state index contributed by atoms with van der Waals surface area (Å²) in [4.78, 5) is 11.0. The highest BCUT2D eigenvalue weighted by molar-refractivity contribution is 5.95. The lowest BCUT2D eigenvalue weighted by Gasteiger charge is -2.17. The van der Waals surface area contributed by atoms with E-state index >= 15 is 0 Å². The Labute approximate surface area is 143 Å². The molecule has 0 heterocycles. The van der Waals surface area contributed by atoms with Gasteiger partial charge in [0.15, 0.2) is 0 Å². The van der Waals surface area contributed by atoms with Crippen LogP contribution in [0.25, 0.3) is 10.8 Å². The van der Waals surface area contributed by atoms with E-state index in [1.807, 2.05) is 24.3 Å². The average Bonchev–Trinajstić information content (AvgIpc) is 2.53. The lowest BCUT2D eigenvalue weighted by molar-refractivity contribution is 0.0697. The maximum absolute atomic E-state index is 11.0. The van der Waals surface area contributed by atoms with Gasteiger partial charge in [-0.25, -0.2) is 4.79 Å². The van der Waals surface area contributed by atoms with E-state index in [0.717, 1.165) is 35.0 Å². The molecule has 2 rings (SSSR count). The van der Waals surface area contributed by atoms with Crippen molar-refractivity contribution in [2.75, 3.05) is 5.32 Å². The topological polar surface area (TPSA) is 49.3 Å². The molecule has 0 aliphatic rings. The Morgan fingerprint density at radius 3 is 2.54 bits per heavy atom. The Hall–Kier alpha value is -2.55. The molecule has 1 atom stereocenters. The van der Waals surface area contributed by atoms with Gasteiger partial charge >= 0.3 is 5.97 Å². The number of fused-ring (bicyclic) bond motifs is 1. The second kappa shape index (κ2) is 7.82. The van der Waals surface area contributed by atoms with E-state index in [0.29, 0.717) is 11.5 Å². The number of allylic oxidation sites excluding steroid dienone is 3. The van der Waals surface area contributed by atoms with E-state index in [1.165, 1.54) is 5.57 Å². The molecule has 2 aromatic carbocycles. The van der Waals surface area contributed by atoms with Gasteiger partial charge in [0.05, 0.1) is 5.56 Å². The van der Waals surface area contributed by atoms with Crippen molar-refractivity contribution < 1.29 is 9.90 Å². The second-order valence-corrected chi connectivity index (χ2v) is 6.49. The average molecular weight is 323 g/mol. The summed E-state index contributed by atoms with van der Waals surface area (Å²) in [5.74, 6) is -0.525. The molecule has 3 nitrogen and oxygen atoms in total. The Kier molecular flexibility index (Phi) is 5.80. The summed E-state index contributed by atoms with van der Waals surface area (Å²) >= 11 is 0. The van der Waals surface area contributed by atoms with Crippen LogP contribution in [-0.4, -0.2) is 11.1 Å². The Morgan fingerprint density at radius 1 is 1.21 bits per heavy atom. The molecule has 24 heavy (non-hydrogen) atoms. The van der Waals surface area contributed by atoms with Crippen LogP contribution >= 0.6 is 0 Å². The van der Waals surface area contributed by atoms with Gasteiger partial charge in [0.2, 0.25) is 0 Å². The second-order valence-electron chi connectivity index (χ2n) is 6.49. The lowest BCUT2D eigenvalue weighted by Crippen LogP contribution is -2.07. The van der Waals surface area contributed by atoms with Crippen LogP contribution in [-0.2, 0) is 0 Å². The fourth-order valence-electron chi connectivity index (χ4n) is 2.56. The smallest absolute Gasteiger partial charge is 0.335 e. The summed E-state index contributed by atoms with van der Waals surface area (Å²) in [6, 6.07) is 11.1. The molecule has 0 saturated carbocycles. The van der Waals surface area contributed by atoms with Crippen LogP contribution in [0.1, 0.15) is 44.0 Å². The maximum atomic E-state index is 11.0. The number of carbonyl (C=O) groups is 1. The molecule has 0 aliphatic heterocycles. The van der Waals surface area contributed by atoms with Crippen molar-refractivity contribution in [2.45, 2.75) is 33.6 Å². The third-order valence-electron chi connectivity index (χ3n) is 4.14.